The van der Waals surface area contributed by atoms with Crippen LogP contribution >= 0.6 is 0 Å². The standard InChI is InChI=1S/C23H27N3O4/c1-17(21(27)24-16-18-8-4-2-5-9-18)30-22(28)19-12-14-26(15-13-19)23(29)25-20-10-6-3-7-11-20/h2-11,17,19H,12-16H2,1H3,(H,24,27)(H,25,29)/t17-/m0/s1. The summed E-state index contributed by atoms with van der Waals surface area (Å²) in [4.78, 5) is 38.7. The fourth-order valence-corrected chi connectivity index (χ4v) is 3.30. The molecule has 0 aromatic heterocycles. The second-order valence-corrected chi connectivity index (χ2v) is 7.34. The van der Waals surface area contributed by atoms with Gasteiger partial charge in [0.1, 0.15) is 0 Å². The van der Waals surface area contributed by atoms with Crippen molar-refractivity contribution in [2.75, 3.05) is 18.4 Å². The van der Waals surface area contributed by atoms with E-state index >= 15 is 0 Å². The van der Waals surface area contributed by atoms with E-state index in [9.17, 15) is 14.4 Å². The van der Waals surface area contributed by atoms with E-state index in [2.05, 4.69) is 10.6 Å². The van der Waals surface area contributed by atoms with Crippen molar-refractivity contribution in [3.05, 3.63) is 66.2 Å². The maximum Gasteiger partial charge on any atom is 0.321 e. The van der Waals surface area contributed by atoms with Gasteiger partial charge in [0.2, 0.25) is 0 Å². The number of para-hydroxylation sites is 1. The highest BCUT2D eigenvalue weighted by Gasteiger charge is 2.30. The number of esters is 1. The van der Waals surface area contributed by atoms with Crippen LogP contribution in [0.25, 0.3) is 0 Å². The normalized spacial score (nSPS) is 15.2. The third-order valence-electron chi connectivity index (χ3n) is 5.11. The third kappa shape index (κ3) is 6.07. The second-order valence-electron chi connectivity index (χ2n) is 7.34. The fraction of sp³-hybridized carbons (Fsp3) is 0.348. The van der Waals surface area contributed by atoms with E-state index in [1.54, 1.807) is 11.8 Å². The Kier molecular flexibility index (Phi) is 7.43. The Morgan fingerprint density at radius 3 is 2.23 bits per heavy atom. The Morgan fingerprint density at radius 2 is 1.60 bits per heavy atom. The van der Waals surface area contributed by atoms with E-state index in [1.165, 1.54) is 0 Å². The summed E-state index contributed by atoms with van der Waals surface area (Å²) in [6, 6.07) is 18.6. The summed E-state index contributed by atoms with van der Waals surface area (Å²) >= 11 is 0. The highest BCUT2D eigenvalue weighted by atomic mass is 16.5. The molecule has 1 saturated heterocycles. The molecule has 3 rings (SSSR count). The summed E-state index contributed by atoms with van der Waals surface area (Å²) in [5.41, 5.74) is 1.71. The van der Waals surface area contributed by atoms with Crippen molar-refractivity contribution in [3.63, 3.8) is 0 Å². The van der Waals surface area contributed by atoms with Gasteiger partial charge >= 0.3 is 12.0 Å². The molecule has 7 heteroatoms. The predicted molar refractivity (Wildman–Crippen MR) is 114 cm³/mol. The highest BCUT2D eigenvalue weighted by molar-refractivity contribution is 5.89. The molecule has 0 saturated carbocycles. The summed E-state index contributed by atoms with van der Waals surface area (Å²) in [5.74, 6) is -1.03. The number of urea groups is 1. The van der Waals surface area contributed by atoms with Crippen molar-refractivity contribution in [2.45, 2.75) is 32.4 Å². The molecule has 158 valence electrons. The minimum atomic E-state index is -0.861. The Balaban J connectivity index is 1.40. The van der Waals surface area contributed by atoms with Crippen LogP contribution in [0.5, 0.6) is 0 Å². The molecule has 0 unspecified atom stereocenters. The van der Waals surface area contributed by atoms with Crippen LogP contribution in [-0.4, -0.2) is 42.0 Å². The maximum atomic E-state index is 12.4. The van der Waals surface area contributed by atoms with E-state index in [0.29, 0.717) is 32.5 Å². The average molecular weight is 409 g/mol. The molecule has 0 bridgehead atoms. The molecule has 0 aliphatic carbocycles. The van der Waals surface area contributed by atoms with Gasteiger partial charge in [0.05, 0.1) is 5.92 Å². The van der Waals surface area contributed by atoms with Gasteiger partial charge in [-0.3, -0.25) is 9.59 Å². The van der Waals surface area contributed by atoms with E-state index in [1.807, 2.05) is 60.7 Å². The lowest BCUT2D eigenvalue weighted by molar-refractivity contribution is -0.160. The number of amides is 3. The molecule has 3 amide bonds. The molecule has 1 aliphatic rings. The van der Waals surface area contributed by atoms with Gasteiger partial charge < -0.3 is 20.3 Å². The van der Waals surface area contributed by atoms with E-state index in [0.717, 1.165) is 11.3 Å². The van der Waals surface area contributed by atoms with Gasteiger partial charge in [-0.1, -0.05) is 48.5 Å². The van der Waals surface area contributed by atoms with Crippen LogP contribution in [0.2, 0.25) is 0 Å². The summed E-state index contributed by atoms with van der Waals surface area (Å²) in [7, 11) is 0. The molecule has 2 aromatic carbocycles. The lowest BCUT2D eigenvalue weighted by Gasteiger charge is -2.31. The number of anilines is 1. The summed E-state index contributed by atoms with van der Waals surface area (Å²) in [6.45, 7) is 2.89. The lowest BCUT2D eigenvalue weighted by Crippen LogP contribution is -2.44. The van der Waals surface area contributed by atoms with Gasteiger partial charge in [-0.05, 0) is 37.5 Å². The van der Waals surface area contributed by atoms with Crippen LogP contribution < -0.4 is 10.6 Å². The molecule has 2 N–H and O–H groups in total. The zero-order valence-corrected chi connectivity index (χ0v) is 17.0. The summed E-state index contributed by atoms with van der Waals surface area (Å²) in [6.07, 6.45) is 0.166. The number of carbonyl (C=O) groups excluding carboxylic acids is 3. The molecule has 1 heterocycles. The highest BCUT2D eigenvalue weighted by Crippen LogP contribution is 2.20. The maximum absolute atomic E-state index is 12.4. The van der Waals surface area contributed by atoms with Crippen LogP contribution in [0.15, 0.2) is 60.7 Å². The van der Waals surface area contributed by atoms with Crippen LogP contribution in [0, 0.1) is 5.92 Å². The Bertz CT molecular complexity index is 849. The van der Waals surface area contributed by atoms with E-state index in [-0.39, 0.29) is 23.8 Å². The third-order valence-corrected chi connectivity index (χ3v) is 5.11. The van der Waals surface area contributed by atoms with Gasteiger partial charge in [-0.25, -0.2) is 4.79 Å². The zero-order chi connectivity index (χ0) is 21.3. The number of nitrogens with zero attached hydrogens (tertiary/aromatic N) is 1. The minimum absolute atomic E-state index is 0.179. The fourth-order valence-electron chi connectivity index (χ4n) is 3.30. The molecule has 1 atom stereocenters. The number of carbonyl (C=O) groups is 3. The summed E-state index contributed by atoms with van der Waals surface area (Å²) in [5, 5.41) is 5.62. The van der Waals surface area contributed by atoms with Gasteiger partial charge in [0.15, 0.2) is 6.10 Å². The van der Waals surface area contributed by atoms with Gasteiger partial charge in [-0.2, -0.15) is 0 Å². The number of likely N-dealkylation sites (tertiary alicyclic amines) is 1. The molecular weight excluding hydrogens is 382 g/mol. The first kappa shape index (κ1) is 21.4. The number of hydrogen-bond donors (Lipinski definition) is 2. The first-order valence-corrected chi connectivity index (χ1v) is 10.2. The van der Waals surface area contributed by atoms with Gasteiger partial charge in [-0.15, -0.1) is 0 Å². The van der Waals surface area contributed by atoms with Crippen molar-refractivity contribution in [3.8, 4) is 0 Å². The number of ether oxygens (including phenoxy) is 1. The molecule has 1 aliphatic heterocycles. The second kappa shape index (κ2) is 10.4. The average Bonchev–Trinajstić information content (AvgIpc) is 2.78. The van der Waals surface area contributed by atoms with Crippen molar-refractivity contribution in [1.29, 1.82) is 0 Å². The first-order valence-electron chi connectivity index (χ1n) is 10.2. The Hall–Kier alpha value is -3.35. The number of rotatable bonds is 6. The minimum Gasteiger partial charge on any atom is -0.452 e. The lowest BCUT2D eigenvalue weighted by atomic mass is 9.97. The van der Waals surface area contributed by atoms with Crippen molar-refractivity contribution in [1.82, 2.24) is 10.2 Å². The van der Waals surface area contributed by atoms with E-state index in [4.69, 9.17) is 4.74 Å². The van der Waals surface area contributed by atoms with Crippen molar-refractivity contribution < 1.29 is 19.1 Å². The zero-order valence-electron chi connectivity index (χ0n) is 17.0. The molecule has 1 fully saturated rings. The number of nitrogens with one attached hydrogen (secondary N) is 2. The molecule has 0 spiro atoms. The number of benzene rings is 2. The van der Waals surface area contributed by atoms with Crippen molar-refractivity contribution >= 4 is 23.6 Å². The molecule has 2 aromatic rings. The molecule has 7 nitrogen and oxygen atoms in total. The monoisotopic (exact) mass is 409 g/mol. The van der Waals surface area contributed by atoms with Crippen LogP contribution in [-0.2, 0) is 20.9 Å². The largest absolute Gasteiger partial charge is 0.452 e. The predicted octanol–water partition coefficient (Wildman–Crippen LogP) is 3.18. The molecular formula is C23H27N3O4. The van der Waals surface area contributed by atoms with Crippen LogP contribution in [0.4, 0.5) is 10.5 Å². The quantitative estimate of drug-likeness (QED) is 0.718. The van der Waals surface area contributed by atoms with Crippen LogP contribution in [0.3, 0.4) is 0 Å². The van der Waals surface area contributed by atoms with Gasteiger partial charge in [0.25, 0.3) is 5.91 Å². The van der Waals surface area contributed by atoms with Crippen LogP contribution in [0.1, 0.15) is 25.3 Å². The smallest absolute Gasteiger partial charge is 0.321 e. The first-order chi connectivity index (χ1) is 14.5. The molecule has 0 radical (unpaired) electrons. The van der Waals surface area contributed by atoms with Crippen molar-refractivity contribution in [2.24, 2.45) is 5.92 Å². The Morgan fingerprint density at radius 1 is 1.00 bits per heavy atom. The topological polar surface area (TPSA) is 87.7 Å². The SMILES string of the molecule is C[C@H](OC(=O)C1CCN(C(=O)Nc2ccccc2)CC1)C(=O)NCc1ccccc1. The van der Waals surface area contributed by atoms with Gasteiger partial charge in [0, 0.05) is 25.3 Å². The summed E-state index contributed by atoms with van der Waals surface area (Å²) < 4.78 is 5.36. The Labute approximate surface area is 176 Å². The number of piperidine rings is 1. The molecule has 30 heavy (non-hydrogen) atoms. The van der Waals surface area contributed by atoms with E-state index < -0.39 is 6.10 Å². The number of hydrogen-bond acceptors (Lipinski definition) is 4.